The molecule has 2 aromatic heterocycles. The van der Waals surface area contributed by atoms with Crippen molar-refractivity contribution in [2.45, 2.75) is 64.1 Å². The zero-order chi connectivity index (χ0) is 21.8. The number of aromatic hydroxyl groups is 1. The Morgan fingerprint density at radius 1 is 1.23 bits per heavy atom. The van der Waals surface area contributed by atoms with E-state index in [1.807, 2.05) is 13.3 Å². The van der Waals surface area contributed by atoms with Crippen LogP contribution in [0.4, 0.5) is 11.8 Å². The Morgan fingerprint density at radius 2 is 2.03 bits per heavy atom. The van der Waals surface area contributed by atoms with E-state index in [2.05, 4.69) is 25.2 Å². The number of nitrogens with one attached hydrogen (secondary N) is 2. The molecule has 0 amide bonds. The number of benzene rings is 1. The fraction of sp³-hybridized carbons (Fsp3) is 0.500. The molecule has 9 heteroatoms. The van der Waals surface area contributed by atoms with Crippen molar-refractivity contribution in [2.75, 3.05) is 17.2 Å². The van der Waals surface area contributed by atoms with E-state index in [1.165, 1.54) is 19.3 Å². The third-order valence-corrected chi connectivity index (χ3v) is 6.16. The van der Waals surface area contributed by atoms with Gasteiger partial charge in [0.05, 0.1) is 19.0 Å². The number of imidazole rings is 1. The summed E-state index contributed by atoms with van der Waals surface area (Å²) in [6, 6.07) is 5.20. The number of hydrogen-bond acceptors (Lipinski definition) is 7. The minimum atomic E-state index is -0.131. The minimum Gasteiger partial charge on any atom is -0.508 e. The molecule has 31 heavy (non-hydrogen) atoms. The van der Waals surface area contributed by atoms with Gasteiger partial charge in [0.25, 0.3) is 0 Å². The van der Waals surface area contributed by atoms with Crippen molar-refractivity contribution in [1.82, 2.24) is 19.5 Å². The number of hydrogen-bond donors (Lipinski definition) is 4. The lowest BCUT2D eigenvalue weighted by Crippen LogP contribution is -2.24. The summed E-state index contributed by atoms with van der Waals surface area (Å²) in [4.78, 5) is 14.0. The van der Waals surface area contributed by atoms with Crippen LogP contribution < -0.4 is 10.6 Å². The Balaban J connectivity index is 1.69. The molecule has 1 fully saturated rings. The molecule has 1 aliphatic carbocycles. The Bertz CT molecular complexity index is 1030. The van der Waals surface area contributed by atoms with Crippen LogP contribution >= 0.6 is 11.6 Å². The maximum absolute atomic E-state index is 10.1. The van der Waals surface area contributed by atoms with Crippen LogP contribution in [-0.2, 0) is 6.54 Å². The van der Waals surface area contributed by atoms with Gasteiger partial charge in [-0.3, -0.25) is 0 Å². The van der Waals surface area contributed by atoms with E-state index in [0.29, 0.717) is 40.5 Å². The highest BCUT2D eigenvalue weighted by Crippen LogP contribution is 2.32. The third kappa shape index (κ3) is 4.85. The van der Waals surface area contributed by atoms with Crippen LogP contribution in [0.5, 0.6) is 5.75 Å². The number of rotatable bonds is 8. The van der Waals surface area contributed by atoms with Gasteiger partial charge in [0, 0.05) is 23.2 Å². The minimum absolute atomic E-state index is 0.00106. The second-order valence-electron chi connectivity index (χ2n) is 8.07. The lowest BCUT2D eigenvalue weighted by Gasteiger charge is -2.23. The molecule has 4 N–H and O–H groups in total. The SMILES string of the molecule is CCC(CO)Nc1nc(NCc2cc(Cl)ccc2O)c2ncn(C3CCCCC3)c2n1. The zero-order valence-corrected chi connectivity index (χ0v) is 18.4. The molecule has 1 unspecified atom stereocenters. The highest BCUT2D eigenvalue weighted by molar-refractivity contribution is 6.30. The first-order valence-electron chi connectivity index (χ1n) is 10.9. The van der Waals surface area contributed by atoms with E-state index >= 15 is 0 Å². The zero-order valence-electron chi connectivity index (χ0n) is 17.7. The third-order valence-electron chi connectivity index (χ3n) is 5.92. The van der Waals surface area contributed by atoms with E-state index in [0.717, 1.165) is 24.9 Å². The first kappa shape index (κ1) is 21.6. The van der Waals surface area contributed by atoms with Gasteiger partial charge in [-0.1, -0.05) is 37.8 Å². The number of fused-ring (bicyclic) bond motifs is 1. The maximum Gasteiger partial charge on any atom is 0.227 e. The lowest BCUT2D eigenvalue weighted by molar-refractivity contribution is 0.271. The normalized spacial score (nSPS) is 15.8. The number of aromatic nitrogens is 4. The summed E-state index contributed by atoms with van der Waals surface area (Å²) in [5.41, 5.74) is 2.13. The molecule has 1 saturated carbocycles. The van der Waals surface area contributed by atoms with Crippen molar-refractivity contribution < 1.29 is 10.2 Å². The predicted octanol–water partition coefficient (Wildman–Crippen LogP) is 4.49. The summed E-state index contributed by atoms with van der Waals surface area (Å²) in [5, 5.41) is 26.8. The van der Waals surface area contributed by atoms with Crippen molar-refractivity contribution in [3.8, 4) is 5.75 Å². The Hall–Kier alpha value is -2.58. The van der Waals surface area contributed by atoms with E-state index < -0.39 is 0 Å². The number of anilines is 2. The average Bonchev–Trinajstić information content (AvgIpc) is 3.22. The van der Waals surface area contributed by atoms with Gasteiger partial charge < -0.3 is 25.4 Å². The molecule has 0 saturated heterocycles. The monoisotopic (exact) mass is 444 g/mol. The first-order chi connectivity index (χ1) is 15.1. The molecule has 0 radical (unpaired) electrons. The smallest absolute Gasteiger partial charge is 0.227 e. The summed E-state index contributed by atoms with van der Waals surface area (Å²) in [7, 11) is 0. The Kier molecular flexibility index (Phi) is 6.77. The van der Waals surface area contributed by atoms with Crippen molar-refractivity contribution in [3.05, 3.63) is 35.1 Å². The van der Waals surface area contributed by atoms with Crippen molar-refractivity contribution in [2.24, 2.45) is 0 Å². The highest BCUT2D eigenvalue weighted by Gasteiger charge is 2.21. The van der Waals surface area contributed by atoms with Crippen LogP contribution in [0.25, 0.3) is 11.2 Å². The van der Waals surface area contributed by atoms with E-state index in [9.17, 15) is 10.2 Å². The van der Waals surface area contributed by atoms with Crippen molar-refractivity contribution >= 4 is 34.5 Å². The van der Waals surface area contributed by atoms with E-state index in [4.69, 9.17) is 16.6 Å². The summed E-state index contributed by atoms with van der Waals surface area (Å²) >= 11 is 6.08. The van der Waals surface area contributed by atoms with Crippen LogP contribution in [0, 0.1) is 0 Å². The molecule has 4 rings (SSSR count). The molecule has 1 aliphatic rings. The second kappa shape index (κ2) is 9.70. The van der Waals surface area contributed by atoms with Gasteiger partial charge >= 0.3 is 0 Å². The molecule has 166 valence electrons. The second-order valence-corrected chi connectivity index (χ2v) is 8.51. The Morgan fingerprint density at radius 3 is 2.77 bits per heavy atom. The van der Waals surface area contributed by atoms with Gasteiger partial charge in [0.1, 0.15) is 5.75 Å². The fourth-order valence-corrected chi connectivity index (χ4v) is 4.26. The number of halogens is 1. The van der Waals surface area contributed by atoms with Crippen molar-refractivity contribution in [3.63, 3.8) is 0 Å². The lowest BCUT2D eigenvalue weighted by atomic mass is 9.95. The number of aliphatic hydroxyl groups excluding tert-OH is 1. The maximum atomic E-state index is 10.1. The molecule has 8 nitrogen and oxygen atoms in total. The molecule has 1 aromatic carbocycles. The van der Waals surface area contributed by atoms with Gasteiger partial charge in [-0.15, -0.1) is 0 Å². The first-order valence-corrected chi connectivity index (χ1v) is 11.3. The van der Waals surface area contributed by atoms with Gasteiger partial charge in [-0.2, -0.15) is 9.97 Å². The average molecular weight is 445 g/mol. The van der Waals surface area contributed by atoms with E-state index in [-0.39, 0.29) is 18.4 Å². The van der Waals surface area contributed by atoms with Gasteiger partial charge in [0.15, 0.2) is 17.0 Å². The van der Waals surface area contributed by atoms with Gasteiger partial charge in [-0.25, -0.2) is 4.98 Å². The number of aliphatic hydroxyl groups is 1. The topological polar surface area (TPSA) is 108 Å². The molecule has 3 aromatic rings. The molecule has 0 aliphatic heterocycles. The van der Waals surface area contributed by atoms with Gasteiger partial charge in [0.2, 0.25) is 5.95 Å². The number of nitrogens with zero attached hydrogens (tertiary/aromatic N) is 4. The van der Waals surface area contributed by atoms with Crippen LogP contribution in [-0.4, -0.2) is 42.4 Å². The summed E-state index contributed by atoms with van der Waals surface area (Å²) in [6.07, 6.45) is 8.53. The fourth-order valence-electron chi connectivity index (χ4n) is 4.06. The molecule has 1 atom stereocenters. The number of phenolic OH excluding ortho intramolecular Hbond substituents is 1. The Labute approximate surface area is 186 Å². The predicted molar refractivity (Wildman–Crippen MR) is 123 cm³/mol. The number of phenols is 1. The van der Waals surface area contributed by atoms with Gasteiger partial charge in [-0.05, 0) is 37.5 Å². The largest absolute Gasteiger partial charge is 0.508 e. The van der Waals surface area contributed by atoms with Crippen LogP contribution in [0.1, 0.15) is 57.1 Å². The summed E-state index contributed by atoms with van der Waals surface area (Å²) in [5.74, 6) is 1.19. The van der Waals surface area contributed by atoms with E-state index in [1.54, 1.807) is 18.2 Å². The standard InChI is InChI=1S/C22H29ClN6O2/c1-2-16(12-30)26-22-27-20(24-11-14-10-15(23)8-9-18(14)31)19-21(28-22)29(13-25-19)17-6-4-3-5-7-17/h8-10,13,16-17,30-31H,2-7,11-12H2,1H3,(H2,24,26,27,28). The van der Waals surface area contributed by atoms with Crippen LogP contribution in [0.3, 0.4) is 0 Å². The van der Waals surface area contributed by atoms with Crippen LogP contribution in [0.15, 0.2) is 24.5 Å². The molecular weight excluding hydrogens is 416 g/mol. The summed E-state index contributed by atoms with van der Waals surface area (Å²) < 4.78 is 2.16. The molecule has 0 spiro atoms. The molecule has 0 bridgehead atoms. The highest BCUT2D eigenvalue weighted by atomic mass is 35.5. The quantitative estimate of drug-likeness (QED) is 0.405. The molecule has 2 heterocycles. The van der Waals surface area contributed by atoms with Crippen molar-refractivity contribution in [1.29, 1.82) is 0 Å². The molecular formula is C22H29ClN6O2. The van der Waals surface area contributed by atoms with Crippen LogP contribution in [0.2, 0.25) is 5.02 Å². The summed E-state index contributed by atoms with van der Waals surface area (Å²) in [6.45, 7) is 2.34.